The maximum atomic E-state index is 13.4. The maximum Gasteiger partial charge on any atom is 0.254 e. The number of methoxy groups -OCH3 is 1. The lowest BCUT2D eigenvalue weighted by Gasteiger charge is -2.10. The predicted octanol–water partition coefficient (Wildman–Crippen LogP) is 1.88. The second-order valence-electron chi connectivity index (χ2n) is 4.75. The smallest absolute Gasteiger partial charge is 0.254 e. The monoisotopic (exact) mass is 316 g/mol. The number of para-hydroxylation sites is 1. The van der Waals surface area contributed by atoms with E-state index in [1.165, 1.54) is 18.2 Å². The summed E-state index contributed by atoms with van der Waals surface area (Å²) >= 11 is 0. The topological polar surface area (TPSA) is 67.4 Å². The maximum absolute atomic E-state index is 13.4. The number of benzene rings is 2. The summed E-state index contributed by atoms with van der Waals surface area (Å²) in [5.74, 6) is -0.959. The van der Waals surface area contributed by atoms with Crippen LogP contribution in [0.5, 0.6) is 5.75 Å². The summed E-state index contributed by atoms with van der Waals surface area (Å²) in [5, 5.41) is 5.05. The molecule has 0 aliphatic carbocycles. The van der Waals surface area contributed by atoms with Gasteiger partial charge in [-0.2, -0.15) is 0 Å². The van der Waals surface area contributed by atoms with Gasteiger partial charge < -0.3 is 15.4 Å². The van der Waals surface area contributed by atoms with E-state index >= 15 is 0 Å². The molecule has 0 aliphatic rings. The summed E-state index contributed by atoms with van der Waals surface area (Å²) in [6.45, 7) is 0.0424. The lowest BCUT2D eigenvalue weighted by atomic mass is 10.2. The zero-order valence-electron chi connectivity index (χ0n) is 12.6. The van der Waals surface area contributed by atoms with E-state index in [-0.39, 0.29) is 24.6 Å². The number of halogens is 1. The van der Waals surface area contributed by atoms with Crippen molar-refractivity contribution in [1.29, 1.82) is 0 Å². The van der Waals surface area contributed by atoms with Crippen LogP contribution in [0.1, 0.15) is 15.9 Å². The van der Waals surface area contributed by atoms with E-state index in [0.29, 0.717) is 5.75 Å². The molecule has 2 rings (SSSR count). The van der Waals surface area contributed by atoms with Gasteiger partial charge in [0.1, 0.15) is 11.6 Å². The van der Waals surface area contributed by atoms with Crippen LogP contribution in [0.25, 0.3) is 0 Å². The van der Waals surface area contributed by atoms with Gasteiger partial charge in [-0.05, 0) is 18.2 Å². The van der Waals surface area contributed by atoms with Crippen molar-refractivity contribution in [3.8, 4) is 5.75 Å². The van der Waals surface area contributed by atoms with Crippen molar-refractivity contribution in [2.75, 3.05) is 13.7 Å². The molecule has 2 aromatic carbocycles. The van der Waals surface area contributed by atoms with Gasteiger partial charge in [0.15, 0.2) is 0 Å². The highest BCUT2D eigenvalue weighted by atomic mass is 19.1. The number of rotatable bonds is 6. The predicted molar refractivity (Wildman–Crippen MR) is 83.6 cm³/mol. The molecule has 23 heavy (non-hydrogen) atoms. The Morgan fingerprint density at radius 2 is 1.74 bits per heavy atom. The minimum absolute atomic E-state index is 0.0926. The van der Waals surface area contributed by atoms with E-state index in [2.05, 4.69) is 10.6 Å². The Bertz CT molecular complexity index is 704. The Labute approximate surface area is 133 Å². The van der Waals surface area contributed by atoms with Crippen molar-refractivity contribution >= 4 is 11.8 Å². The lowest BCUT2D eigenvalue weighted by Crippen LogP contribution is -2.36. The summed E-state index contributed by atoms with van der Waals surface area (Å²) in [6, 6.07) is 12.9. The summed E-state index contributed by atoms with van der Waals surface area (Å²) in [4.78, 5) is 23.6. The van der Waals surface area contributed by atoms with Crippen molar-refractivity contribution in [3.05, 3.63) is 65.5 Å². The van der Waals surface area contributed by atoms with E-state index < -0.39 is 11.7 Å². The second kappa shape index (κ2) is 7.93. The van der Waals surface area contributed by atoms with E-state index in [0.717, 1.165) is 5.56 Å². The van der Waals surface area contributed by atoms with Crippen LogP contribution in [-0.4, -0.2) is 25.5 Å². The molecular weight excluding hydrogens is 299 g/mol. The standard InChI is InChI=1S/C17H17FN2O3/c1-23-15-9-5-2-6-12(15)10-19-16(21)11-20-17(22)13-7-3-4-8-14(13)18/h2-9H,10-11H2,1H3,(H,19,21)(H,20,22). The first-order chi connectivity index (χ1) is 11.1. The summed E-state index contributed by atoms with van der Waals surface area (Å²) in [5.41, 5.74) is 0.730. The van der Waals surface area contributed by atoms with Crippen molar-refractivity contribution < 1.29 is 18.7 Å². The molecule has 2 N–H and O–H groups in total. The summed E-state index contributed by atoms with van der Waals surface area (Å²) in [6.07, 6.45) is 0. The fraction of sp³-hybridized carbons (Fsp3) is 0.176. The fourth-order valence-electron chi connectivity index (χ4n) is 2.01. The number of carbonyl (C=O) groups is 2. The number of nitrogens with one attached hydrogen (secondary N) is 2. The van der Waals surface area contributed by atoms with Crippen LogP contribution in [0.4, 0.5) is 4.39 Å². The number of hydrogen-bond donors (Lipinski definition) is 2. The van der Waals surface area contributed by atoms with Crippen molar-refractivity contribution in [3.63, 3.8) is 0 Å². The summed E-state index contributed by atoms with van der Waals surface area (Å²) < 4.78 is 18.6. The van der Waals surface area contributed by atoms with Gasteiger partial charge >= 0.3 is 0 Å². The average molecular weight is 316 g/mol. The van der Waals surface area contributed by atoms with Crippen LogP contribution in [0.3, 0.4) is 0 Å². The molecule has 5 nitrogen and oxygen atoms in total. The Morgan fingerprint density at radius 1 is 1.04 bits per heavy atom. The van der Waals surface area contributed by atoms with Crippen molar-refractivity contribution in [2.45, 2.75) is 6.54 Å². The van der Waals surface area contributed by atoms with Crippen LogP contribution in [-0.2, 0) is 11.3 Å². The van der Waals surface area contributed by atoms with Crippen LogP contribution < -0.4 is 15.4 Å². The molecule has 2 aromatic rings. The van der Waals surface area contributed by atoms with Gasteiger partial charge in [0.25, 0.3) is 5.91 Å². The molecule has 2 amide bonds. The molecule has 0 saturated carbocycles. The third-order valence-corrected chi connectivity index (χ3v) is 3.20. The van der Waals surface area contributed by atoms with Crippen molar-refractivity contribution in [1.82, 2.24) is 10.6 Å². The Kier molecular flexibility index (Phi) is 5.68. The molecule has 0 bridgehead atoms. The third kappa shape index (κ3) is 4.54. The van der Waals surface area contributed by atoms with Gasteiger partial charge in [0, 0.05) is 12.1 Å². The van der Waals surface area contributed by atoms with E-state index in [1.807, 2.05) is 18.2 Å². The number of ether oxygens (including phenoxy) is 1. The van der Waals surface area contributed by atoms with Crippen LogP contribution in [0.15, 0.2) is 48.5 Å². The first kappa shape index (κ1) is 16.5. The Morgan fingerprint density at radius 3 is 2.48 bits per heavy atom. The number of carbonyl (C=O) groups excluding carboxylic acids is 2. The zero-order chi connectivity index (χ0) is 16.7. The zero-order valence-corrected chi connectivity index (χ0v) is 12.6. The molecule has 0 aromatic heterocycles. The molecule has 6 heteroatoms. The van der Waals surface area contributed by atoms with Crippen LogP contribution >= 0.6 is 0 Å². The summed E-state index contributed by atoms with van der Waals surface area (Å²) in [7, 11) is 1.55. The van der Waals surface area contributed by atoms with Crippen LogP contribution in [0, 0.1) is 5.82 Å². The number of amides is 2. The largest absolute Gasteiger partial charge is 0.496 e. The van der Waals surface area contributed by atoms with Gasteiger partial charge in [0.2, 0.25) is 5.91 Å². The van der Waals surface area contributed by atoms with E-state index in [4.69, 9.17) is 4.74 Å². The Balaban J connectivity index is 1.84. The normalized spacial score (nSPS) is 10.0. The molecule has 0 atom stereocenters. The first-order valence-electron chi connectivity index (χ1n) is 7.03. The molecule has 0 radical (unpaired) electrons. The minimum atomic E-state index is -0.629. The molecule has 0 unspecified atom stereocenters. The third-order valence-electron chi connectivity index (χ3n) is 3.20. The molecule has 0 heterocycles. The number of hydrogen-bond acceptors (Lipinski definition) is 3. The van der Waals surface area contributed by atoms with Gasteiger partial charge in [-0.15, -0.1) is 0 Å². The molecule has 0 saturated heterocycles. The highest BCUT2D eigenvalue weighted by molar-refractivity contribution is 5.96. The molecule has 0 fully saturated rings. The second-order valence-corrected chi connectivity index (χ2v) is 4.75. The van der Waals surface area contributed by atoms with Crippen molar-refractivity contribution in [2.24, 2.45) is 0 Å². The van der Waals surface area contributed by atoms with Crippen LogP contribution in [0.2, 0.25) is 0 Å². The average Bonchev–Trinajstić information content (AvgIpc) is 2.58. The van der Waals surface area contributed by atoms with Gasteiger partial charge in [-0.25, -0.2) is 4.39 Å². The van der Waals surface area contributed by atoms with E-state index in [1.54, 1.807) is 19.2 Å². The van der Waals surface area contributed by atoms with Gasteiger partial charge in [-0.3, -0.25) is 9.59 Å². The highest BCUT2D eigenvalue weighted by Crippen LogP contribution is 2.16. The molecular formula is C17H17FN2O3. The van der Waals surface area contributed by atoms with Gasteiger partial charge in [0.05, 0.1) is 19.2 Å². The SMILES string of the molecule is COc1ccccc1CNC(=O)CNC(=O)c1ccccc1F. The molecule has 0 aliphatic heterocycles. The highest BCUT2D eigenvalue weighted by Gasteiger charge is 2.12. The minimum Gasteiger partial charge on any atom is -0.496 e. The fourth-order valence-corrected chi connectivity index (χ4v) is 2.01. The quantitative estimate of drug-likeness (QED) is 0.855. The molecule has 0 spiro atoms. The lowest BCUT2D eigenvalue weighted by molar-refractivity contribution is -0.120. The van der Waals surface area contributed by atoms with E-state index in [9.17, 15) is 14.0 Å². The first-order valence-corrected chi connectivity index (χ1v) is 7.03. The molecule has 120 valence electrons. The van der Waals surface area contributed by atoms with Gasteiger partial charge in [-0.1, -0.05) is 30.3 Å². The Hall–Kier alpha value is -2.89.